The smallest absolute Gasteiger partial charge is 0.329 e. The fraction of sp³-hybridized carbons (Fsp3) is 0.333. The van der Waals surface area contributed by atoms with E-state index in [2.05, 4.69) is 19.4 Å². The van der Waals surface area contributed by atoms with Crippen LogP contribution in [0, 0.1) is 0 Å². The Morgan fingerprint density at radius 1 is 1.40 bits per heavy atom. The first-order chi connectivity index (χ1) is 12.0. The molecule has 0 saturated carbocycles. The maximum absolute atomic E-state index is 11.5. The molecule has 0 bridgehead atoms. The molecule has 0 aliphatic heterocycles. The quantitative estimate of drug-likeness (QED) is 0.613. The molecule has 1 aromatic carbocycles. The van der Waals surface area contributed by atoms with Gasteiger partial charge in [0.2, 0.25) is 0 Å². The van der Waals surface area contributed by atoms with Gasteiger partial charge in [-0.3, -0.25) is 0 Å². The van der Waals surface area contributed by atoms with Gasteiger partial charge in [0.15, 0.2) is 4.34 Å². The molecule has 0 spiro atoms. The van der Waals surface area contributed by atoms with Crippen molar-refractivity contribution in [2.45, 2.75) is 28.7 Å². The Balaban J connectivity index is 1.90. The minimum absolute atomic E-state index is 0.240. The van der Waals surface area contributed by atoms with Crippen molar-refractivity contribution < 1.29 is 9.84 Å². The molecule has 10 heteroatoms. The predicted octanol–water partition coefficient (Wildman–Crippen LogP) is 2.86. The third-order valence-corrected chi connectivity index (χ3v) is 6.03. The van der Waals surface area contributed by atoms with Gasteiger partial charge in [0.25, 0.3) is 0 Å². The number of thioether (sulfide) groups is 1. The molecule has 2 atom stereocenters. The molecule has 25 heavy (non-hydrogen) atoms. The van der Waals surface area contributed by atoms with Crippen LogP contribution in [0.25, 0.3) is 0 Å². The highest BCUT2D eigenvalue weighted by Crippen LogP contribution is 2.39. The Labute approximate surface area is 158 Å². The number of hydrogen-bond acceptors (Lipinski definition) is 8. The van der Waals surface area contributed by atoms with E-state index in [-0.39, 0.29) is 11.8 Å². The van der Waals surface area contributed by atoms with Crippen LogP contribution >= 0.6 is 34.9 Å². The fourth-order valence-electron chi connectivity index (χ4n) is 2.33. The molecular weight excluding hydrogens is 382 g/mol. The molecule has 1 N–H and O–H groups in total. The SMILES string of the molecule is COc1nsc(S[C@H](C)[C@](O)(Cn2cncn2)c2ccc(Cl)cc2)n1. The Morgan fingerprint density at radius 3 is 2.76 bits per heavy atom. The van der Waals surface area contributed by atoms with Crippen LogP contribution < -0.4 is 4.74 Å². The lowest BCUT2D eigenvalue weighted by molar-refractivity contribution is 0.0167. The van der Waals surface area contributed by atoms with Gasteiger partial charge in [0, 0.05) is 10.3 Å². The van der Waals surface area contributed by atoms with E-state index in [1.54, 1.807) is 23.1 Å². The van der Waals surface area contributed by atoms with Gasteiger partial charge < -0.3 is 9.84 Å². The van der Waals surface area contributed by atoms with Crippen molar-refractivity contribution in [2.24, 2.45) is 0 Å². The van der Waals surface area contributed by atoms with Gasteiger partial charge in [-0.2, -0.15) is 10.1 Å². The third-order valence-electron chi connectivity index (χ3n) is 3.74. The maximum atomic E-state index is 11.5. The van der Waals surface area contributed by atoms with Crippen molar-refractivity contribution in [3.63, 3.8) is 0 Å². The number of halogens is 1. The van der Waals surface area contributed by atoms with Crippen LogP contribution in [0.2, 0.25) is 5.02 Å². The standard InChI is InChI=1S/C15H16ClN5O2S2/c1-10(24-14-19-13(23-2)20-25-14)15(22,7-21-9-17-8-18-21)11-3-5-12(16)6-4-11/h3-6,8-10,22H,7H2,1-2H3/t10-,15-/m1/s1. The molecule has 0 aliphatic carbocycles. The predicted molar refractivity (Wildman–Crippen MR) is 97.2 cm³/mol. The third kappa shape index (κ3) is 4.12. The average Bonchev–Trinajstić information content (AvgIpc) is 3.27. The largest absolute Gasteiger partial charge is 0.466 e. The molecule has 3 rings (SSSR count). The zero-order valence-corrected chi connectivity index (χ0v) is 15.9. The Kier molecular flexibility index (Phi) is 5.57. The molecule has 0 aliphatic rings. The van der Waals surface area contributed by atoms with Crippen LogP contribution in [-0.2, 0) is 12.1 Å². The van der Waals surface area contributed by atoms with Crippen LogP contribution in [0.15, 0.2) is 41.3 Å². The van der Waals surface area contributed by atoms with Crippen molar-refractivity contribution in [1.82, 2.24) is 24.1 Å². The van der Waals surface area contributed by atoms with E-state index < -0.39 is 5.60 Å². The first-order valence-corrected chi connectivity index (χ1v) is 9.39. The van der Waals surface area contributed by atoms with Gasteiger partial charge >= 0.3 is 6.01 Å². The molecule has 132 valence electrons. The first-order valence-electron chi connectivity index (χ1n) is 7.36. The summed E-state index contributed by atoms with van der Waals surface area (Å²) < 4.78 is 11.4. The van der Waals surface area contributed by atoms with Gasteiger partial charge in [0.05, 0.1) is 13.7 Å². The van der Waals surface area contributed by atoms with Crippen LogP contribution in [0.3, 0.4) is 0 Å². The van der Waals surface area contributed by atoms with Crippen LogP contribution in [0.4, 0.5) is 0 Å². The van der Waals surface area contributed by atoms with Gasteiger partial charge in [-0.15, -0.1) is 4.37 Å². The first kappa shape index (κ1) is 18.1. The van der Waals surface area contributed by atoms with Crippen molar-refractivity contribution >= 4 is 34.9 Å². The monoisotopic (exact) mass is 397 g/mol. The second kappa shape index (κ2) is 7.69. The zero-order chi connectivity index (χ0) is 17.9. The molecular formula is C15H16ClN5O2S2. The number of aromatic nitrogens is 5. The molecule has 0 fully saturated rings. The number of hydrogen-bond donors (Lipinski definition) is 1. The summed E-state index contributed by atoms with van der Waals surface area (Å²) >= 11 is 8.65. The lowest BCUT2D eigenvalue weighted by Gasteiger charge is -2.33. The number of methoxy groups -OCH3 is 1. The van der Waals surface area contributed by atoms with Crippen molar-refractivity contribution in [3.05, 3.63) is 47.5 Å². The lowest BCUT2D eigenvalue weighted by Crippen LogP contribution is -2.40. The van der Waals surface area contributed by atoms with Crippen molar-refractivity contribution in [1.29, 1.82) is 0 Å². The summed E-state index contributed by atoms with van der Waals surface area (Å²) in [6.07, 6.45) is 3.02. The summed E-state index contributed by atoms with van der Waals surface area (Å²) in [6, 6.07) is 7.47. The minimum Gasteiger partial charge on any atom is -0.466 e. The highest BCUT2D eigenvalue weighted by Gasteiger charge is 2.38. The van der Waals surface area contributed by atoms with Gasteiger partial charge in [0.1, 0.15) is 18.3 Å². The Morgan fingerprint density at radius 2 is 2.16 bits per heavy atom. The van der Waals surface area contributed by atoms with E-state index in [1.807, 2.05) is 19.1 Å². The topological polar surface area (TPSA) is 86.0 Å². The van der Waals surface area contributed by atoms with Crippen LogP contribution in [0.5, 0.6) is 6.01 Å². The molecule has 2 heterocycles. The van der Waals surface area contributed by atoms with Crippen molar-refractivity contribution in [2.75, 3.05) is 7.11 Å². The summed E-state index contributed by atoms with van der Waals surface area (Å²) in [4.78, 5) is 8.22. The number of rotatable bonds is 7. The number of ether oxygens (including phenoxy) is 1. The molecule has 0 radical (unpaired) electrons. The molecule has 2 aromatic heterocycles. The highest BCUT2D eigenvalue weighted by atomic mass is 35.5. The Hall–Kier alpha value is -1.68. The second-order valence-electron chi connectivity index (χ2n) is 5.33. The van der Waals surface area contributed by atoms with Gasteiger partial charge in [-0.25, -0.2) is 9.67 Å². The summed E-state index contributed by atoms with van der Waals surface area (Å²) in [7, 11) is 1.52. The lowest BCUT2D eigenvalue weighted by atomic mass is 9.90. The number of aliphatic hydroxyl groups is 1. The van der Waals surface area contributed by atoms with E-state index in [0.717, 1.165) is 9.90 Å². The van der Waals surface area contributed by atoms with E-state index >= 15 is 0 Å². The Bertz CT molecular complexity index is 812. The molecule has 0 unspecified atom stereocenters. The van der Waals surface area contributed by atoms with Crippen molar-refractivity contribution in [3.8, 4) is 6.01 Å². The average molecular weight is 398 g/mol. The molecule has 3 aromatic rings. The molecule has 0 saturated heterocycles. The maximum Gasteiger partial charge on any atom is 0.329 e. The minimum atomic E-state index is -1.21. The van der Waals surface area contributed by atoms with E-state index in [0.29, 0.717) is 11.0 Å². The number of nitrogens with zero attached hydrogens (tertiary/aromatic N) is 5. The summed E-state index contributed by atoms with van der Waals surface area (Å²) in [5.41, 5.74) is -0.467. The van der Waals surface area contributed by atoms with Gasteiger partial charge in [-0.05, 0) is 36.2 Å². The van der Waals surface area contributed by atoms with E-state index in [4.69, 9.17) is 16.3 Å². The van der Waals surface area contributed by atoms with E-state index in [9.17, 15) is 5.11 Å². The molecule has 0 amide bonds. The number of benzene rings is 1. The fourth-order valence-corrected chi connectivity index (χ4v) is 4.40. The van der Waals surface area contributed by atoms with E-state index in [1.165, 1.54) is 36.7 Å². The normalized spacial score (nSPS) is 14.9. The summed E-state index contributed by atoms with van der Waals surface area (Å²) in [5, 5.41) is 16.0. The molecule has 7 nitrogen and oxygen atoms in total. The van der Waals surface area contributed by atoms with Gasteiger partial charge in [-0.1, -0.05) is 35.5 Å². The summed E-state index contributed by atoms with van der Waals surface area (Å²) in [5.74, 6) is 0. The summed E-state index contributed by atoms with van der Waals surface area (Å²) in [6.45, 7) is 2.18. The van der Waals surface area contributed by atoms with Crippen LogP contribution in [-0.4, -0.2) is 41.6 Å². The zero-order valence-electron chi connectivity index (χ0n) is 13.5. The van der Waals surface area contributed by atoms with Crippen LogP contribution in [0.1, 0.15) is 12.5 Å². The second-order valence-corrected chi connectivity index (χ2v) is 8.11. The highest BCUT2D eigenvalue weighted by molar-refractivity contribution is 8.01.